The second-order valence-corrected chi connectivity index (χ2v) is 6.78. The molecule has 2 N–H and O–H groups in total. The molecule has 0 saturated carbocycles. The van der Waals surface area contributed by atoms with Crippen LogP contribution in [-0.2, 0) is 0 Å². The van der Waals surface area contributed by atoms with Crippen LogP contribution in [0.25, 0.3) is 16.6 Å². The smallest absolute Gasteiger partial charge is 0.335 e. The number of aromatic nitrogens is 4. The second-order valence-electron chi connectivity index (χ2n) is 6.35. The largest absolute Gasteiger partial charge is 0.493 e. The molecule has 0 amide bonds. The minimum atomic E-state index is -0.856. The summed E-state index contributed by atoms with van der Waals surface area (Å²) in [7, 11) is 0. The van der Waals surface area contributed by atoms with Gasteiger partial charge in [0, 0.05) is 5.02 Å². The van der Waals surface area contributed by atoms with E-state index in [1.807, 2.05) is 0 Å². The summed E-state index contributed by atoms with van der Waals surface area (Å²) in [4.78, 5) is 43.6. The number of nitrogens with zero attached hydrogens (tertiary/aromatic N) is 4. The zero-order valence-electron chi connectivity index (χ0n) is 15.5. The van der Waals surface area contributed by atoms with Crippen LogP contribution >= 0.6 is 11.6 Å². The highest BCUT2D eigenvalue weighted by atomic mass is 35.5. The number of halogens is 1. The van der Waals surface area contributed by atoms with Crippen molar-refractivity contribution in [2.75, 3.05) is 0 Å². The minimum absolute atomic E-state index is 0.286. The molecule has 0 atom stereocenters. The van der Waals surface area contributed by atoms with Crippen molar-refractivity contribution >= 4 is 28.7 Å². The molecule has 0 saturated heterocycles. The lowest BCUT2D eigenvalue weighted by Crippen LogP contribution is -2.31. The lowest BCUT2D eigenvalue weighted by Gasteiger charge is -2.10. The van der Waals surface area contributed by atoms with Crippen LogP contribution in [0.3, 0.4) is 0 Å². The highest BCUT2D eigenvalue weighted by Gasteiger charge is 2.15. The third-order valence-electron chi connectivity index (χ3n) is 4.42. The summed E-state index contributed by atoms with van der Waals surface area (Å²) in [5.74, 6) is -0.342. The molecule has 0 spiro atoms. The standard InChI is InChI=1S/C20H14ClN5O4/c1-11-23-16-5-3-2-4-14(16)19(29)26(11)22-10-15-17(27)24-20(30)25(18(15)28)13-8-6-12(21)7-9-13/h2-10,28H,1H3,(H,24,27,30). The number of H-pyrrole nitrogens is 1. The van der Waals surface area contributed by atoms with E-state index in [4.69, 9.17) is 11.6 Å². The number of hydrogen-bond donors (Lipinski definition) is 2. The fourth-order valence-corrected chi connectivity index (χ4v) is 3.10. The molecule has 0 aliphatic heterocycles. The van der Waals surface area contributed by atoms with Gasteiger partial charge >= 0.3 is 5.69 Å². The molecule has 0 aliphatic carbocycles. The average molecular weight is 424 g/mol. The van der Waals surface area contributed by atoms with Gasteiger partial charge in [-0.25, -0.2) is 14.3 Å². The minimum Gasteiger partial charge on any atom is -0.493 e. The lowest BCUT2D eigenvalue weighted by atomic mass is 10.2. The van der Waals surface area contributed by atoms with Gasteiger partial charge < -0.3 is 5.11 Å². The van der Waals surface area contributed by atoms with E-state index in [2.05, 4.69) is 15.1 Å². The first-order valence-electron chi connectivity index (χ1n) is 8.74. The van der Waals surface area contributed by atoms with Crippen LogP contribution in [-0.4, -0.2) is 30.5 Å². The molecule has 4 aromatic rings. The van der Waals surface area contributed by atoms with Crippen LogP contribution in [0, 0.1) is 6.92 Å². The van der Waals surface area contributed by atoms with Gasteiger partial charge in [0.2, 0.25) is 5.88 Å². The van der Waals surface area contributed by atoms with Gasteiger partial charge in [-0.15, -0.1) is 0 Å². The fraction of sp³-hybridized carbons (Fsp3) is 0.0500. The van der Waals surface area contributed by atoms with Gasteiger partial charge in [0.25, 0.3) is 11.1 Å². The van der Waals surface area contributed by atoms with E-state index >= 15 is 0 Å². The maximum absolute atomic E-state index is 12.7. The Morgan fingerprint density at radius 2 is 1.80 bits per heavy atom. The number of aromatic amines is 1. The van der Waals surface area contributed by atoms with Crippen molar-refractivity contribution in [2.45, 2.75) is 6.92 Å². The molecule has 0 bridgehead atoms. The quantitative estimate of drug-likeness (QED) is 0.486. The van der Waals surface area contributed by atoms with Crippen LogP contribution < -0.4 is 16.8 Å². The predicted molar refractivity (Wildman–Crippen MR) is 113 cm³/mol. The van der Waals surface area contributed by atoms with E-state index in [0.29, 0.717) is 15.9 Å². The molecular weight excluding hydrogens is 410 g/mol. The molecular formula is C20H14ClN5O4. The first-order valence-corrected chi connectivity index (χ1v) is 9.11. The fourth-order valence-electron chi connectivity index (χ4n) is 2.97. The third kappa shape index (κ3) is 3.31. The second kappa shape index (κ2) is 7.45. The number of hydrogen-bond acceptors (Lipinski definition) is 6. The van der Waals surface area contributed by atoms with Crippen LogP contribution in [0.1, 0.15) is 11.4 Å². The molecule has 2 aromatic carbocycles. The highest BCUT2D eigenvalue weighted by Crippen LogP contribution is 2.17. The molecule has 0 radical (unpaired) electrons. The van der Waals surface area contributed by atoms with Gasteiger partial charge in [0.05, 0.1) is 22.8 Å². The monoisotopic (exact) mass is 423 g/mol. The summed E-state index contributed by atoms with van der Waals surface area (Å²) in [6.45, 7) is 1.59. The van der Waals surface area contributed by atoms with Gasteiger partial charge in [-0.2, -0.15) is 9.78 Å². The number of aromatic hydroxyl groups is 1. The molecule has 0 fully saturated rings. The van der Waals surface area contributed by atoms with Gasteiger partial charge in [0.1, 0.15) is 11.4 Å². The highest BCUT2D eigenvalue weighted by molar-refractivity contribution is 6.30. The predicted octanol–water partition coefficient (Wildman–Crippen LogP) is 1.79. The Hall–Kier alpha value is -3.98. The summed E-state index contributed by atoms with van der Waals surface area (Å²) in [6.07, 6.45) is 1.00. The Bertz CT molecular complexity index is 1480. The average Bonchev–Trinajstić information content (AvgIpc) is 2.71. The van der Waals surface area contributed by atoms with Crippen LogP contribution in [0.15, 0.2) is 68.0 Å². The van der Waals surface area contributed by atoms with Crippen LogP contribution in [0.2, 0.25) is 5.02 Å². The SMILES string of the molecule is Cc1nc2ccccc2c(=O)n1N=Cc1c(O)n(-c2ccc(Cl)cc2)c(=O)[nH]c1=O. The van der Waals surface area contributed by atoms with Crippen molar-refractivity contribution in [1.29, 1.82) is 0 Å². The third-order valence-corrected chi connectivity index (χ3v) is 4.68. The molecule has 4 rings (SSSR count). The molecule has 2 heterocycles. The van der Waals surface area contributed by atoms with Crippen molar-refractivity contribution in [3.8, 4) is 11.6 Å². The Kier molecular flexibility index (Phi) is 4.80. The maximum Gasteiger partial charge on any atom is 0.335 e. The summed E-state index contributed by atoms with van der Waals surface area (Å²) < 4.78 is 1.91. The van der Waals surface area contributed by atoms with E-state index < -0.39 is 22.7 Å². The first-order chi connectivity index (χ1) is 14.4. The van der Waals surface area contributed by atoms with Crippen LogP contribution in [0.4, 0.5) is 0 Å². The van der Waals surface area contributed by atoms with Crippen molar-refractivity contribution in [2.24, 2.45) is 5.10 Å². The molecule has 10 heteroatoms. The number of fused-ring (bicyclic) bond motifs is 1. The number of benzene rings is 2. The summed E-state index contributed by atoms with van der Waals surface area (Å²) in [5.41, 5.74) is -1.62. The maximum atomic E-state index is 12.7. The molecule has 2 aromatic heterocycles. The summed E-state index contributed by atoms with van der Waals surface area (Å²) in [6, 6.07) is 12.9. The molecule has 9 nitrogen and oxygen atoms in total. The van der Waals surface area contributed by atoms with Gasteiger partial charge in [-0.1, -0.05) is 23.7 Å². The molecule has 0 unspecified atom stereocenters. The summed E-state index contributed by atoms with van der Waals surface area (Å²) >= 11 is 5.86. The number of nitrogens with one attached hydrogen (secondary N) is 1. The number of rotatable bonds is 3. The van der Waals surface area contributed by atoms with E-state index in [1.165, 1.54) is 24.3 Å². The molecule has 30 heavy (non-hydrogen) atoms. The van der Waals surface area contributed by atoms with E-state index in [1.54, 1.807) is 31.2 Å². The van der Waals surface area contributed by atoms with Crippen molar-refractivity contribution in [3.63, 3.8) is 0 Å². The zero-order chi connectivity index (χ0) is 21.4. The van der Waals surface area contributed by atoms with Crippen molar-refractivity contribution in [3.05, 3.63) is 96.1 Å². The zero-order valence-corrected chi connectivity index (χ0v) is 16.3. The number of aryl methyl sites for hydroxylation is 1. The van der Waals surface area contributed by atoms with Gasteiger partial charge in [0.15, 0.2) is 0 Å². The number of para-hydroxylation sites is 1. The van der Waals surface area contributed by atoms with E-state index in [0.717, 1.165) is 15.5 Å². The molecule has 0 aliphatic rings. The Balaban J connectivity index is 1.88. The Labute approximate surface area is 173 Å². The lowest BCUT2D eigenvalue weighted by molar-refractivity contribution is 0.430. The van der Waals surface area contributed by atoms with Crippen molar-refractivity contribution < 1.29 is 5.11 Å². The van der Waals surface area contributed by atoms with E-state index in [-0.39, 0.29) is 17.1 Å². The first kappa shape index (κ1) is 19.3. The summed E-state index contributed by atoms with van der Waals surface area (Å²) in [5, 5.41) is 15.4. The topological polar surface area (TPSA) is 122 Å². The van der Waals surface area contributed by atoms with Gasteiger partial charge in [-0.3, -0.25) is 14.6 Å². The Morgan fingerprint density at radius 3 is 2.53 bits per heavy atom. The van der Waals surface area contributed by atoms with E-state index in [9.17, 15) is 19.5 Å². The van der Waals surface area contributed by atoms with Crippen LogP contribution in [0.5, 0.6) is 5.88 Å². The normalized spacial score (nSPS) is 11.4. The van der Waals surface area contributed by atoms with Gasteiger partial charge in [-0.05, 0) is 43.3 Å². The van der Waals surface area contributed by atoms with Crippen molar-refractivity contribution in [1.82, 2.24) is 19.2 Å². The Morgan fingerprint density at radius 1 is 1.10 bits per heavy atom. The molecule has 150 valence electrons.